The molecule has 1 amide bonds. The van der Waals surface area contributed by atoms with Crippen molar-refractivity contribution >= 4 is 5.91 Å². The average molecular weight is 472 g/mol. The Morgan fingerprint density at radius 3 is 2.76 bits per heavy atom. The predicted octanol–water partition coefficient (Wildman–Crippen LogP) is 1.40. The molecule has 2 N–H and O–H groups in total. The number of H-pyrrole nitrogens is 1. The van der Waals surface area contributed by atoms with Crippen LogP contribution in [0.3, 0.4) is 0 Å². The van der Waals surface area contributed by atoms with E-state index in [1.807, 2.05) is 12.1 Å². The molecule has 1 aromatic heterocycles. The second-order valence-electron chi connectivity index (χ2n) is 8.73. The van der Waals surface area contributed by atoms with Gasteiger partial charge in [-0.1, -0.05) is 6.42 Å². The first-order chi connectivity index (χ1) is 16.6. The van der Waals surface area contributed by atoms with E-state index in [-0.39, 0.29) is 30.0 Å². The van der Waals surface area contributed by atoms with E-state index in [9.17, 15) is 9.59 Å². The van der Waals surface area contributed by atoms with Gasteiger partial charge in [-0.2, -0.15) is 0 Å². The molecule has 2 fully saturated rings. The summed E-state index contributed by atoms with van der Waals surface area (Å²) in [7, 11) is 1.58. The Kier molecular flexibility index (Phi) is 8.48. The minimum atomic E-state index is -0.351. The van der Waals surface area contributed by atoms with Gasteiger partial charge in [-0.3, -0.25) is 14.5 Å². The van der Waals surface area contributed by atoms with E-state index in [4.69, 9.17) is 14.2 Å². The monoisotopic (exact) mass is 471 g/mol. The van der Waals surface area contributed by atoms with E-state index >= 15 is 0 Å². The van der Waals surface area contributed by atoms with E-state index in [2.05, 4.69) is 25.4 Å². The minimum Gasteiger partial charge on any atom is -0.493 e. The average Bonchev–Trinajstić information content (AvgIpc) is 2.83. The lowest BCUT2D eigenvalue weighted by Gasteiger charge is -2.26. The van der Waals surface area contributed by atoms with Crippen LogP contribution in [0.15, 0.2) is 23.0 Å². The molecule has 10 heteroatoms. The van der Waals surface area contributed by atoms with Crippen molar-refractivity contribution in [1.82, 2.24) is 25.4 Å². The maximum absolute atomic E-state index is 12.5. The summed E-state index contributed by atoms with van der Waals surface area (Å²) < 4.78 is 16.7. The predicted molar refractivity (Wildman–Crippen MR) is 126 cm³/mol. The highest BCUT2D eigenvalue weighted by atomic mass is 16.5. The van der Waals surface area contributed by atoms with Crippen molar-refractivity contribution in [2.24, 2.45) is 5.92 Å². The molecule has 1 saturated carbocycles. The number of benzene rings is 1. The van der Waals surface area contributed by atoms with Gasteiger partial charge in [0.25, 0.3) is 5.56 Å². The Labute approximate surface area is 199 Å². The molecule has 0 spiro atoms. The van der Waals surface area contributed by atoms with Crippen LogP contribution in [0.1, 0.15) is 31.4 Å². The molecular weight excluding hydrogens is 438 g/mol. The van der Waals surface area contributed by atoms with Crippen molar-refractivity contribution in [1.29, 1.82) is 0 Å². The van der Waals surface area contributed by atoms with Crippen LogP contribution in [-0.2, 0) is 16.0 Å². The fourth-order valence-corrected chi connectivity index (χ4v) is 3.95. The summed E-state index contributed by atoms with van der Waals surface area (Å²) in [6.45, 7) is 5.28. The van der Waals surface area contributed by atoms with Gasteiger partial charge in [0.1, 0.15) is 5.69 Å². The van der Waals surface area contributed by atoms with Gasteiger partial charge in [-0.15, -0.1) is 10.2 Å². The topological polar surface area (TPSA) is 119 Å². The van der Waals surface area contributed by atoms with Gasteiger partial charge in [-0.05, 0) is 37.0 Å². The molecule has 1 aliphatic heterocycles. The van der Waals surface area contributed by atoms with Gasteiger partial charge in [0, 0.05) is 44.6 Å². The van der Waals surface area contributed by atoms with Crippen molar-refractivity contribution in [3.63, 3.8) is 0 Å². The number of ether oxygens (including phenoxy) is 3. The molecule has 0 unspecified atom stereocenters. The molecule has 2 aromatic rings. The second kappa shape index (κ2) is 11.9. The number of nitrogens with zero attached hydrogens (tertiary/aromatic N) is 3. The van der Waals surface area contributed by atoms with Gasteiger partial charge >= 0.3 is 0 Å². The number of amides is 1. The zero-order valence-electron chi connectivity index (χ0n) is 19.7. The fraction of sp³-hybridized carbons (Fsp3) is 0.583. The Morgan fingerprint density at radius 2 is 2.06 bits per heavy atom. The van der Waals surface area contributed by atoms with Crippen LogP contribution in [0.5, 0.6) is 11.5 Å². The molecule has 2 heterocycles. The van der Waals surface area contributed by atoms with Crippen LogP contribution in [0.25, 0.3) is 11.4 Å². The van der Waals surface area contributed by atoms with Crippen LogP contribution in [0.4, 0.5) is 0 Å². The molecule has 1 aromatic carbocycles. The number of nitrogens with one attached hydrogen (secondary N) is 2. The third-order valence-electron chi connectivity index (χ3n) is 6.34. The van der Waals surface area contributed by atoms with Crippen molar-refractivity contribution in [2.75, 3.05) is 53.1 Å². The molecule has 0 bridgehead atoms. The highest BCUT2D eigenvalue weighted by molar-refractivity contribution is 5.76. The molecule has 0 radical (unpaired) electrons. The summed E-state index contributed by atoms with van der Waals surface area (Å²) in [5.41, 5.74) is 0.555. The van der Waals surface area contributed by atoms with Crippen molar-refractivity contribution in [3.05, 3.63) is 34.2 Å². The third kappa shape index (κ3) is 6.54. The van der Waals surface area contributed by atoms with Gasteiger partial charge in [0.05, 0.1) is 26.9 Å². The number of carbonyl (C=O) groups excluding carboxylic acids is 1. The molecular formula is C24H33N5O5. The fourth-order valence-electron chi connectivity index (χ4n) is 3.95. The van der Waals surface area contributed by atoms with Gasteiger partial charge < -0.3 is 24.5 Å². The lowest BCUT2D eigenvalue weighted by atomic mass is 9.86. The first-order valence-corrected chi connectivity index (χ1v) is 12.0. The van der Waals surface area contributed by atoms with Crippen LogP contribution in [0, 0.1) is 5.92 Å². The molecule has 2 aliphatic rings. The zero-order valence-corrected chi connectivity index (χ0v) is 19.7. The number of aryl methyl sites for hydroxylation is 1. The molecule has 1 saturated heterocycles. The maximum Gasteiger partial charge on any atom is 0.273 e. The SMILES string of the molecule is COc1cc(-c2nnc(CCC(=O)NCCN3CCOCC3)c(=O)[nH]2)ccc1OCC1CCC1. The lowest BCUT2D eigenvalue weighted by molar-refractivity contribution is -0.121. The van der Waals surface area contributed by atoms with E-state index in [0.717, 1.165) is 32.8 Å². The van der Waals surface area contributed by atoms with Crippen LogP contribution in [-0.4, -0.2) is 79.1 Å². The summed E-state index contributed by atoms with van der Waals surface area (Å²) in [5, 5.41) is 11.1. The van der Waals surface area contributed by atoms with E-state index in [1.165, 1.54) is 19.3 Å². The highest BCUT2D eigenvalue weighted by Crippen LogP contribution is 2.33. The minimum absolute atomic E-state index is 0.110. The van der Waals surface area contributed by atoms with Crippen LogP contribution in [0.2, 0.25) is 0 Å². The molecule has 10 nitrogen and oxygen atoms in total. The molecule has 34 heavy (non-hydrogen) atoms. The third-order valence-corrected chi connectivity index (χ3v) is 6.34. The smallest absolute Gasteiger partial charge is 0.273 e. The number of carbonyl (C=O) groups is 1. The Morgan fingerprint density at radius 1 is 1.24 bits per heavy atom. The highest BCUT2D eigenvalue weighted by Gasteiger charge is 2.19. The number of hydrogen-bond acceptors (Lipinski definition) is 8. The maximum atomic E-state index is 12.5. The lowest BCUT2D eigenvalue weighted by Crippen LogP contribution is -2.41. The summed E-state index contributed by atoms with van der Waals surface area (Å²) in [4.78, 5) is 29.7. The Balaban J connectivity index is 1.28. The quantitative estimate of drug-likeness (QED) is 0.505. The van der Waals surface area contributed by atoms with Gasteiger partial charge in [-0.25, -0.2) is 0 Å². The number of rotatable bonds is 11. The molecule has 184 valence electrons. The number of aromatic nitrogens is 3. The number of aromatic amines is 1. The van der Waals surface area contributed by atoms with Gasteiger partial charge in [0.2, 0.25) is 5.91 Å². The van der Waals surface area contributed by atoms with Crippen molar-refractivity contribution < 1.29 is 19.0 Å². The first-order valence-electron chi connectivity index (χ1n) is 12.0. The Bertz CT molecular complexity index is 1020. The van der Waals surface area contributed by atoms with Crippen LogP contribution < -0.4 is 20.3 Å². The largest absolute Gasteiger partial charge is 0.493 e. The van der Waals surface area contributed by atoms with Crippen LogP contribution >= 0.6 is 0 Å². The summed E-state index contributed by atoms with van der Waals surface area (Å²) in [5.74, 6) is 2.10. The summed E-state index contributed by atoms with van der Waals surface area (Å²) in [6, 6.07) is 5.42. The van der Waals surface area contributed by atoms with Crippen molar-refractivity contribution in [2.45, 2.75) is 32.1 Å². The molecule has 1 aliphatic carbocycles. The summed E-state index contributed by atoms with van der Waals surface area (Å²) >= 11 is 0. The normalized spacial score (nSPS) is 16.6. The number of methoxy groups -OCH3 is 1. The molecule has 4 rings (SSSR count). The summed E-state index contributed by atoms with van der Waals surface area (Å²) in [6.07, 6.45) is 4.09. The number of morpholine rings is 1. The molecule has 0 atom stereocenters. The number of hydrogen-bond donors (Lipinski definition) is 2. The second-order valence-corrected chi connectivity index (χ2v) is 8.73. The Hall–Kier alpha value is -2.98. The van der Waals surface area contributed by atoms with E-state index in [1.54, 1.807) is 13.2 Å². The van der Waals surface area contributed by atoms with E-state index < -0.39 is 0 Å². The first kappa shape index (κ1) is 24.2. The zero-order chi connectivity index (χ0) is 23.8. The standard InChI is InChI=1S/C24H33N5O5/c1-32-21-15-18(5-7-20(21)34-16-17-3-2-4-17)23-26-24(31)19(27-28-23)6-8-22(30)25-9-10-29-11-13-33-14-12-29/h5,7,15,17H,2-4,6,8-14,16H2,1H3,(H,25,30)(H,26,28,31). The van der Waals surface area contributed by atoms with E-state index in [0.29, 0.717) is 42.0 Å². The van der Waals surface area contributed by atoms with Gasteiger partial charge in [0.15, 0.2) is 17.3 Å². The van der Waals surface area contributed by atoms with Crippen molar-refractivity contribution in [3.8, 4) is 22.9 Å².